The highest BCUT2D eigenvalue weighted by atomic mass is 16.6. The van der Waals surface area contributed by atoms with Gasteiger partial charge in [-0.25, -0.2) is 14.8 Å². The summed E-state index contributed by atoms with van der Waals surface area (Å²) in [7, 11) is 2.92. The number of ether oxygens (including phenoxy) is 1. The average Bonchev–Trinajstić information content (AvgIpc) is 2.55. The van der Waals surface area contributed by atoms with Crippen molar-refractivity contribution in [3.8, 4) is 0 Å². The highest BCUT2D eigenvalue weighted by molar-refractivity contribution is 5.90. The van der Waals surface area contributed by atoms with E-state index in [1.807, 2.05) is 0 Å². The Morgan fingerprint density at radius 3 is 2.64 bits per heavy atom. The van der Waals surface area contributed by atoms with E-state index in [9.17, 15) is 14.9 Å². The Balaban J connectivity index is 2.33. The van der Waals surface area contributed by atoms with Crippen LogP contribution in [0.4, 0.5) is 23.0 Å². The minimum absolute atomic E-state index is 0.00315. The van der Waals surface area contributed by atoms with Gasteiger partial charge in [0.05, 0.1) is 29.5 Å². The first-order chi connectivity index (χ1) is 10.5. The smallest absolute Gasteiger partial charge is 0.339 e. The standard InChI is InChI=1S/C13H13N5O4/c1-14-11-4-3-9(7-15-11)17-12-10(18(20)21)5-8(6-16-12)13(19)22-2/h3-7H,1-2H3,(H,14,15)(H,16,17). The van der Waals surface area contributed by atoms with Gasteiger partial charge in [0, 0.05) is 19.3 Å². The molecule has 0 radical (unpaired) electrons. The predicted molar refractivity (Wildman–Crippen MR) is 79.3 cm³/mol. The maximum absolute atomic E-state index is 11.4. The lowest BCUT2D eigenvalue weighted by molar-refractivity contribution is -0.384. The van der Waals surface area contributed by atoms with E-state index < -0.39 is 10.9 Å². The molecule has 0 aliphatic heterocycles. The third-order valence-electron chi connectivity index (χ3n) is 2.77. The van der Waals surface area contributed by atoms with Gasteiger partial charge in [-0.05, 0) is 12.1 Å². The molecular weight excluding hydrogens is 290 g/mol. The van der Waals surface area contributed by atoms with Crippen molar-refractivity contribution >= 4 is 29.0 Å². The molecule has 2 heterocycles. The van der Waals surface area contributed by atoms with Gasteiger partial charge in [0.2, 0.25) is 5.82 Å². The quantitative estimate of drug-likeness (QED) is 0.488. The number of anilines is 3. The highest BCUT2D eigenvalue weighted by Crippen LogP contribution is 2.26. The van der Waals surface area contributed by atoms with Crippen molar-refractivity contribution in [3.63, 3.8) is 0 Å². The van der Waals surface area contributed by atoms with E-state index in [4.69, 9.17) is 0 Å². The van der Waals surface area contributed by atoms with Gasteiger partial charge in [-0.15, -0.1) is 0 Å². The molecule has 0 bridgehead atoms. The van der Waals surface area contributed by atoms with Crippen LogP contribution in [0, 0.1) is 10.1 Å². The Morgan fingerprint density at radius 1 is 1.32 bits per heavy atom. The fourth-order valence-corrected chi connectivity index (χ4v) is 1.67. The molecule has 0 fully saturated rings. The Morgan fingerprint density at radius 2 is 2.09 bits per heavy atom. The molecule has 0 saturated carbocycles. The highest BCUT2D eigenvalue weighted by Gasteiger charge is 2.19. The normalized spacial score (nSPS) is 9.91. The minimum Gasteiger partial charge on any atom is -0.465 e. The number of rotatable bonds is 5. The van der Waals surface area contributed by atoms with Gasteiger partial charge in [0.1, 0.15) is 5.82 Å². The van der Waals surface area contributed by atoms with Crippen molar-refractivity contribution in [2.75, 3.05) is 24.8 Å². The lowest BCUT2D eigenvalue weighted by Crippen LogP contribution is -2.06. The Kier molecular flexibility index (Phi) is 4.47. The number of hydrogen-bond acceptors (Lipinski definition) is 8. The Bertz CT molecular complexity index is 702. The monoisotopic (exact) mass is 303 g/mol. The first-order valence-electron chi connectivity index (χ1n) is 6.18. The van der Waals surface area contributed by atoms with Crippen molar-refractivity contribution < 1.29 is 14.5 Å². The summed E-state index contributed by atoms with van der Waals surface area (Å²) in [6, 6.07) is 4.51. The summed E-state index contributed by atoms with van der Waals surface area (Å²) in [5.74, 6) is -0.0205. The number of pyridine rings is 2. The lowest BCUT2D eigenvalue weighted by atomic mass is 10.2. The van der Waals surface area contributed by atoms with E-state index in [2.05, 4.69) is 25.3 Å². The fraction of sp³-hybridized carbons (Fsp3) is 0.154. The number of nitrogens with one attached hydrogen (secondary N) is 2. The molecule has 0 spiro atoms. The maximum Gasteiger partial charge on any atom is 0.339 e. The molecule has 2 N–H and O–H groups in total. The van der Waals surface area contributed by atoms with E-state index in [1.54, 1.807) is 19.2 Å². The second kappa shape index (κ2) is 6.48. The van der Waals surface area contributed by atoms with Gasteiger partial charge in [0.15, 0.2) is 0 Å². The maximum atomic E-state index is 11.4. The number of nitrogens with zero attached hydrogens (tertiary/aromatic N) is 3. The zero-order valence-electron chi connectivity index (χ0n) is 11.9. The number of hydrogen-bond donors (Lipinski definition) is 2. The zero-order valence-corrected chi connectivity index (χ0v) is 11.9. The van der Waals surface area contributed by atoms with E-state index >= 15 is 0 Å². The molecule has 0 unspecified atom stereocenters. The molecule has 0 aliphatic carbocycles. The van der Waals surface area contributed by atoms with Crippen LogP contribution < -0.4 is 10.6 Å². The summed E-state index contributed by atoms with van der Waals surface area (Å²) in [5, 5.41) is 16.8. The predicted octanol–water partition coefficient (Wildman–Crippen LogP) is 1.96. The third-order valence-corrected chi connectivity index (χ3v) is 2.77. The number of aromatic nitrogens is 2. The van der Waals surface area contributed by atoms with Crippen molar-refractivity contribution in [2.24, 2.45) is 0 Å². The second-order valence-corrected chi connectivity index (χ2v) is 4.15. The summed E-state index contributed by atoms with van der Waals surface area (Å²) in [4.78, 5) is 29.9. The fourth-order valence-electron chi connectivity index (χ4n) is 1.67. The number of esters is 1. The summed E-state index contributed by atoms with van der Waals surface area (Å²) in [5.41, 5.74) is 0.199. The minimum atomic E-state index is -0.692. The topological polar surface area (TPSA) is 119 Å². The Labute approximate surface area is 125 Å². The third kappa shape index (κ3) is 3.26. The zero-order chi connectivity index (χ0) is 16.1. The van der Waals surface area contributed by atoms with E-state index in [0.717, 1.165) is 6.07 Å². The van der Waals surface area contributed by atoms with Crippen LogP contribution in [0.25, 0.3) is 0 Å². The van der Waals surface area contributed by atoms with Gasteiger partial charge in [-0.2, -0.15) is 0 Å². The van der Waals surface area contributed by atoms with Crippen LogP contribution in [-0.4, -0.2) is 35.0 Å². The van der Waals surface area contributed by atoms with Crippen LogP contribution in [-0.2, 0) is 4.74 Å². The molecule has 22 heavy (non-hydrogen) atoms. The van der Waals surface area contributed by atoms with Crippen LogP contribution in [0.5, 0.6) is 0 Å². The molecule has 0 amide bonds. The average molecular weight is 303 g/mol. The lowest BCUT2D eigenvalue weighted by Gasteiger charge is -2.07. The summed E-state index contributed by atoms with van der Waals surface area (Å²) < 4.78 is 4.52. The molecule has 0 atom stereocenters. The van der Waals surface area contributed by atoms with E-state index in [-0.39, 0.29) is 17.1 Å². The van der Waals surface area contributed by atoms with Crippen LogP contribution >= 0.6 is 0 Å². The van der Waals surface area contributed by atoms with E-state index in [0.29, 0.717) is 11.5 Å². The van der Waals surface area contributed by atoms with Crippen molar-refractivity contribution in [1.82, 2.24) is 9.97 Å². The number of carbonyl (C=O) groups excluding carboxylic acids is 1. The largest absolute Gasteiger partial charge is 0.465 e. The van der Waals surface area contributed by atoms with Gasteiger partial charge in [0.25, 0.3) is 0 Å². The SMILES string of the molecule is CNc1ccc(Nc2ncc(C(=O)OC)cc2[N+](=O)[O-])cn1. The van der Waals surface area contributed by atoms with Crippen LogP contribution in [0.3, 0.4) is 0 Å². The number of nitro groups is 1. The molecule has 0 aromatic carbocycles. The van der Waals surface area contributed by atoms with Crippen LogP contribution in [0.2, 0.25) is 0 Å². The van der Waals surface area contributed by atoms with Crippen molar-refractivity contribution in [1.29, 1.82) is 0 Å². The summed E-state index contributed by atoms with van der Waals surface area (Å²) in [6.07, 6.45) is 2.71. The van der Waals surface area contributed by atoms with Crippen molar-refractivity contribution in [3.05, 3.63) is 46.3 Å². The molecule has 9 nitrogen and oxygen atoms in total. The van der Waals surface area contributed by atoms with Crippen molar-refractivity contribution in [2.45, 2.75) is 0 Å². The van der Waals surface area contributed by atoms with Gasteiger partial charge in [-0.3, -0.25) is 10.1 Å². The molecule has 114 valence electrons. The molecule has 2 rings (SSSR count). The van der Waals surface area contributed by atoms with Crippen LogP contribution in [0.1, 0.15) is 10.4 Å². The van der Waals surface area contributed by atoms with Gasteiger partial charge >= 0.3 is 11.7 Å². The molecule has 9 heteroatoms. The first-order valence-corrected chi connectivity index (χ1v) is 6.18. The Hall–Kier alpha value is -3.23. The molecule has 0 saturated heterocycles. The van der Waals surface area contributed by atoms with Crippen LogP contribution in [0.15, 0.2) is 30.6 Å². The summed E-state index contributed by atoms with van der Waals surface area (Å²) in [6.45, 7) is 0. The summed E-state index contributed by atoms with van der Waals surface area (Å²) >= 11 is 0. The molecule has 2 aromatic heterocycles. The second-order valence-electron chi connectivity index (χ2n) is 4.15. The van der Waals surface area contributed by atoms with E-state index in [1.165, 1.54) is 19.5 Å². The number of carbonyl (C=O) groups is 1. The number of methoxy groups -OCH3 is 1. The molecular formula is C13H13N5O4. The molecule has 2 aromatic rings. The van der Waals surface area contributed by atoms with Gasteiger partial charge < -0.3 is 15.4 Å². The molecule has 0 aliphatic rings. The van der Waals surface area contributed by atoms with Gasteiger partial charge in [-0.1, -0.05) is 0 Å². The first kappa shape index (κ1) is 15.2.